The van der Waals surface area contributed by atoms with E-state index in [1.54, 1.807) is 11.3 Å². The molecule has 9 aromatic carbocycles. The number of hydrogen-bond acceptors (Lipinski definition) is 4. The van der Waals surface area contributed by atoms with Crippen molar-refractivity contribution >= 4 is 85.9 Å². The summed E-state index contributed by atoms with van der Waals surface area (Å²) in [7, 11) is 0. The summed E-state index contributed by atoms with van der Waals surface area (Å²) in [5.74, 6) is 1.90. The van der Waals surface area contributed by atoms with Crippen LogP contribution in [0.15, 0.2) is 200 Å². The van der Waals surface area contributed by atoms with Gasteiger partial charge in [0, 0.05) is 69.8 Å². The van der Waals surface area contributed by atoms with Crippen molar-refractivity contribution in [3.63, 3.8) is 0 Å². The molecule has 0 aliphatic rings. The van der Waals surface area contributed by atoms with E-state index in [1.165, 1.54) is 42.4 Å². The number of nitrogens with zero attached hydrogens (tertiary/aromatic N) is 5. The Morgan fingerprint density at radius 3 is 1.75 bits per heavy atom. The molecule has 0 saturated heterocycles. The van der Waals surface area contributed by atoms with Crippen LogP contribution < -0.4 is 0 Å². The van der Waals surface area contributed by atoms with Gasteiger partial charge in [-0.1, -0.05) is 133 Å². The van der Waals surface area contributed by atoms with Crippen molar-refractivity contribution in [2.75, 3.05) is 0 Å². The molecule has 0 aliphatic heterocycles. The third-order valence-corrected chi connectivity index (χ3v) is 13.4. The quantitative estimate of drug-likeness (QED) is 0.174. The summed E-state index contributed by atoms with van der Waals surface area (Å²) < 4.78 is 7.13. The number of rotatable bonds is 5. The predicted molar refractivity (Wildman–Crippen MR) is 255 cm³/mol. The van der Waals surface area contributed by atoms with Gasteiger partial charge in [-0.25, -0.2) is 15.0 Å². The highest BCUT2D eigenvalue weighted by molar-refractivity contribution is 7.26. The summed E-state index contributed by atoms with van der Waals surface area (Å²) in [6, 6.07) is 71.4. The number of fused-ring (bicyclic) bond motifs is 11. The lowest BCUT2D eigenvalue weighted by Crippen LogP contribution is -2.01. The van der Waals surface area contributed by atoms with Gasteiger partial charge in [0.15, 0.2) is 17.5 Å². The highest BCUT2D eigenvalue weighted by Crippen LogP contribution is 2.44. The van der Waals surface area contributed by atoms with Crippen molar-refractivity contribution in [1.82, 2.24) is 24.1 Å². The van der Waals surface area contributed by atoms with Crippen LogP contribution in [0.25, 0.3) is 120 Å². The zero-order valence-electron chi connectivity index (χ0n) is 32.7. The molecule has 0 aliphatic carbocycles. The van der Waals surface area contributed by atoms with Gasteiger partial charge in [0.25, 0.3) is 0 Å². The SMILES string of the molecule is c1ccc(-c2nc(-c3ccc4c(c3)c3ccccc3n4-c3ccccc3)nc(-c3cc(-n4c5ccccc5c5c6ccccc6ccc54)cc4c3sc3ccccc34)n2)cc1. The van der Waals surface area contributed by atoms with Gasteiger partial charge in [-0.2, -0.15) is 0 Å². The lowest BCUT2D eigenvalue weighted by Gasteiger charge is -2.13. The molecular weight excluding hydrogens is 763 g/mol. The molecule has 0 atom stereocenters. The van der Waals surface area contributed by atoms with Crippen LogP contribution >= 0.6 is 11.3 Å². The van der Waals surface area contributed by atoms with Crippen LogP contribution in [0, 0.1) is 0 Å². The van der Waals surface area contributed by atoms with Crippen LogP contribution in [-0.4, -0.2) is 24.1 Å². The summed E-state index contributed by atoms with van der Waals surface area (Å²) in [4.78, 5) is 16.0. The van der Waals surface area contributed by atoms with Crippen molar-refractivity contribution in [3.8, 4) is 45.5 Å². The molecule has 0 bridgehead atoms. The van der Waals surface area contributed by atoms with Crippen LogP contribution in [-0.2, 0) is 0 Å². The Bertz CT molecular complexity index is 3880. The Hall–Kier alpha value is -7.93. The van der Waals surface area contributed by atoms with E-state index >= 15 is 0 Å². The Labute approximate surface area is 354 Å². The Morgan fingerprint density at radius 1 is 0.344 bits per heavy atom. The molecule has 6 heteroatoms. The average molecular weight is 796 g/mol. The molecule has 13 rings (SSSR count). The first-order valence-electron chi connectivity index (χ1n) is 20.5. The fraction of sp³-hybridized carbons (Fsp3) is 0. The first-order chi connectivity index (χ1) is 30.2. The van der Waals surface area contributed by atoms with Crippen molar-refractivity contribution < 1.29 is 0 Å². The fourth-order valence-electron chi connectivity index (χ4n) is 9.43. The summed E-state index contributed by atoms with van der Waals surface area (Å²) >= 11 is 1.79. The van der Waals surface area contributed by atoms with Gasteiger partial charge >= 0.3 is 0 Å². The highest BCUT2D eigenvalue weighted by atomic mass is 32.1. The van der Waals surface area contributed by atoms with E-state index in [9.17, 15) is 0 Å². The maximum atomic E-state index is 5.43. The van der Waals surface area contributed by atoms with Gasteiger partial charge in [0.2, 0.25) is 0 Å². The van der Waals surface area contributed by atoms with Crippen molar-refractivity contribution in [1.29, 1.82) is 0 Å². The topological polar surface area (TPSA) is 48.5 Å². The van der Waals surface area contributed by atoms with E-state index in [-0.39, 0.29) is 0 Å². The van der Waals surface area contributed by atoms with Gasteiger partial charge in [0.05, 0.1) is 22.1 Å². The number of hydrogen-bond donors (Lipinski definition) is 0. The predicted octanol–water partition coefficient (Wildman–Crippen LogP) is 14.6. The first kappa shape index (κ1) is 34.0. The molecule has 4 heterocycles. The molecule has 0 amide bonds. The third kappa shape index (κ3) is 5.22. The number of thiophene rings is 1. The summed E-state index contributed by atoms with van der Waals surface area (Å²) in [5.41, 5.74) is 9.64. The molecule has 5 nitrogen and oxygen atoms in total. The van der Waals surface area contributed by atoms with Crippen molar-refractivity contribution in [2.45, 2.75) is 0 Å². The second kappa shape index (κ2) is 13.3. The maximum absolute atomic E-state index is 5.43. The molecule has 0 saturated carbocycles. The van der Waals surface area contributed by atoms with Gasteiger partial charge in [-0.05, 0) is 77.5 Å². The summed E-state index contributed by atoms with van der Waals surface area (Å²) in [6.45, 7) is 0. The molecule has 0 radical (unpaired) electrons. The lowest BCUT2D eigenvalue weighted by molar-refractivity contribution is 1.07. The zero-order chi connectivity index (χ0) is 40.0. The normalized spacial score (nSPS) is 11.9. The third-order valence-electron chi connectivity index (χ3n) is 12.1. The molecule has 0 N–H and O–H groups in total. The summed E-state index contributed by atoms with van der Waals surface area (Å²) in [5, 5.41) is 9.68. The second-order valence-corrected chi connectivity index (χ2v) is 16.6. The van der Waals surface area contributed by atoms with Crippen LogP contribution in [0.5, 0.6) is 0 Å². The second-order valence-electron chi connectivity index (χ2n) is 15.6. The maximum Gasteiger partial charge on any atom is 0.165 e. The summed E-state index contributed by atoms with van der Waals surface area (Å²) in [6.07, 6.45) is 0. The smallest absolute Gasteiger partial charge is 0.165 e. The van der Waals surface area contributed by atoms with Gasteiger partial charge < -0.3 is 9.13 Å². The molecule has 61 heavy (non-hydrogen) atoms. The molecular formula is C55H33N5S. The Balaban J connectivity index is 1.09. The standard InChI is InChI=1S/C55H33N5S/c1-3-16-35(17-4-1)53-56-54(36-28-29-48-43(31-36)40-21-9-12-24-46(40)59(48)37-18-5-2-6-19-37)58-55(57-53)45-33-38(32-44-41-22-11-14-26-50(41)61-52(44)45)60-47-25-13-10-23-42(47)51-39-20-8-7-15-34(39)27-30-49(51)60/h1-33H. The molecule has 0 fully saturated rings. The van der Waals surface area contributed by atoms with E-state index in [2.05, 4.69) is 191 Å². The van der Waals surface area contributed by atoms with E-state index < -0.39 is 0 Å². The highest BCUT2D eigenvalue weighted by Gasteiger charge is 2.22. The first-order valence-corrected chi connectivity index (χ1v) is 21.3. The van der Waals surface area contributed by atoms with Crippen molar-refractivity contribution in [3.05, 3.63) is 200 Å². The van der Waals surface area contributed by atoms with E-state index in [0.29, 0.717) is 17.5 Å². The molecule has 284 valence electrons. The number of benzene rings is 9. The minimum absolute atomic E-state index is 0.630. The molecule has 13 aromatic rings. The molecule has 0 spiro atoms. The van der Waals surface area contributed by atoms with E-state index in [0.717, 1.165) is 60.2 Å². The van der Waals surface area contributed by atoms with Crippen LogP contribution in [0.4, 0.5) is 0 Å². The zero-order valence-corrected chi connectivity index (χ0v) is 33.5. The van der Waals surface area contributed by atoms with Crippen LogP contribution in [0.2, 0.25) is 0 Å². The Morgan fingerprint density at radius 2 is 0.934 bits per heavy atom. The fourth-order valence-corrected chi connectivity index (χ4v) is 10.6. The van der Waals surface area contributed by atoms with E-state index in [1.807, 2.05) is 18.2 Å². The monoisotopic (exact) mass is 795 g/mol. The number of para-hydroxylation sites is 3. The molecule has 0 unspecified atom stereocenters. The largest absolute Gasteiger partial charge is 0.309 e. The van der Waals surface area contributed by atoms with Gasteiger partial charge in [-0.15, -0.1) is 11.3 Å². The Kier molecular flexibility index (Phi) is 7.41. The minimum atomic E-state index is 0.630. The lowest BCUT2D eigenvalue weighted by atomic mass is 10.0. The molecule has 4 aromatic heterocycles. The number of aromatic nitrogens is 5. The van der Waals surface area contributed by atoms with Gasteiger partial charge in [-0.3, -0.25) is 0 Å². The van der Waals surface area contributed by atoms with Gasteiger partial charge in [0.1, 0.15) is 0 Å². The van der Waals surface area contributed by atoms with Crippen molar-refractivity contribution in [2.24, 2.45) is 0 Å². The van der Waals surface area contributed by atoms with Crippen LogP contribution in [0.3, 0.4) is 0 Å². The average Bonchev–Trinajstić information content (AvgIpc) is 3.99. The minimum Gasteiger partial charge on any atom is -0.309 e. The van der Waals surface area contributed by atoms with Crippen LogP contribution in [0.1, 0.15) is 0 Å². The van der Waals surface area contributed by atoms with E-state index in [4.69, 9.17) is 15.0 Å².